The molecule has 3 aliphatic rings. The summed E-state index contributed by atoms with van der Waals surface area (Å²) in [6.07, 6.45) is 3.58. The molecule has 2 fully saturated rings. The molecule has 0 bridgehead atoms. The molecule has 8 heteroatoms. The van der Waals surface area contributed by atoms with Crippen molar-refractivity contribution in [3.63, 3.8) is 0 Å². The van der Waals surface area contributed by atoms with Crippen LogP contribution in [0.5, 0.6) is 0 Å². The predicted octanol–water partition coefficient (Wildman–Crippen LogP) is 1.98. The molecule has 0 atom stereocenters. The molecule has 0 radical (unpaired) electrons. The second-order valence-corrected chi connectivity index (χ2v) is 8.58. The van der Waals surface area contributed by atoms with Gasteiger partial charge in [-0.2, -0.15) is 0 Å². The molecular weight excluding hydrogens is 406 g/mol. The fourth-order valence-corrected chi connectivity index (χ4v) is 4.80. The van der Waals surface area contributed by atoms with Crippen molar-refractivity contribution in [1.29, 1.82) is 0 Å². The summed E-state index contributed by atoms with van der Waals surface area (Å²) < 4.78 is 5.46. The van der Waals surface area contributed by atoms with E-state index in [1.807, 2.05) is 41.3 Å². The highest BCUT2D eigenvalue weighted by atomic mass is 16.5. The van der Waals surface area contributed by atoms with Crippen LogP contribution >= 0.6 is 0 Å². The minimum Gasteiger partial charge on any atom is -0.379 e. The van der Waals surface area contributed by atoms with Gasteiger partial charge in [-0.25, -0.2) is 4.98 Å². The summed E-state index contributed by atoms with van der Waals surface area (Å²) in [6, 6.07) is 12.2. The van der Waals surface area contributed by atoms with Crippen molar-refractivity contribution in [3.8, 4) is 0 Å². The van der Waals surface area contributed by atoms with E-state index in [-0.39, 0.29) is 18.4 Å². The Bertz CT molecular complexity index is 969. The summed E-state index contributed by atoms with van der Waals surface area (Å²) in [5.41, 5.74) is 2.23. The standard InChI is InChI=1S/C24H29N5O3/c30-22-16-26-23-21(29(22)17-18-4-2-1-3-5-18)14-19(15-25-23)24(31)28-8-6-20(7-9-28)27-10-12-32-13-11-27/h1-5,14-15,20H,6-13,16-17H2,(H,25,26). The number of aromatic nitrogens is 1. The minimum atomic E-state index is -0.0286. The largest absolute Gasteiger partial charge is 0.379 e. The lowest BCUT2D eigenvalue weighted by Gasteiger charge is -2.40. The molecule has 0 saturated carbocycles. The Hall–Kier alpha value is -2.97. The molecule has 3 aliphatic heterocycles. The first-order valence-corrected chi connectivity index (χ1v) is 11.4. The Balaban J connectivity index is 1.30. The lowest BCUT2D eigenvalue weighted by Crippen LogP contribution is -2.50. The second-order valence-electron chi connectivity index (χ2n) is 8.58. The molecule has 2 saturated heterocycles. The number of morpholine rings is 1. The average Bonchev–Trinajstić information content (AvgIpc) is 2.86. The molecule has 4 heterocycles. The number of ether oxygens (including phenoxy) is 1. The Labute approximate surface area is 188 Å². The number of nitrogens with one attached hydrogen (secondary N) is 1. The van der Waals surface area contributed by atoms with Crippen molar-refractivity contribution < 1.29 is 14.3 Å². The van der Waals surface area contributed by atoms with Gasteiger partial charge >= 0.3 is 0 Å². The van der Waals surface area contributed by atoms with E-state index in [0.717, 1.165) is 57.8 Å². The maximum atomic E-state index is 13.2. The summed E-state index contributed by atoms with van der Waals surface area (Å²) in [4.78, 5) is 36.5. The van der Waals surface area contributed by atoms with Crippen LogP contribution in [0.2, 0.25) is 0 Å². The highest BCUT2D eigenvalue weighted by Gasteiger charge is 2.30. The first-order valence-electron chi connectivity index (χ1n) is 11.4. The van der Waals surface area contributed by atoms with Gasteiger partial charge in [-0.15, -0.1) is 0 Å². The van der Waals surface area contributed by atoms with Gasteiger partial charge in [0.25, 0.3) is 5.91 Å². The number of hydrogen-bond acceptors (Lipinski definition) is 6. The van der Waals surface area contributed by atoms with Crippen LogP contribution in [0.4, 0.5) is 11.5 Å². The van der Waals surface area contributed by atoms with Gasteiger partial charge in [0.2, 0.25) is 5.91 Å². The molecule has 0 aliphatic carbocycles. The summed E-state index contributed by atoms with van der Waals surface area (Å²) in [5, 5.41) is 3.07. The molecule has 5 rings (SSSR count). The zero-order chi connectivity index (χ0) is 21.9. The third-order valence-electron chi connectivity index (χ3n) is 6.61. The number of pyridine rings is 1. The zero-order valence-corrected chi connectivity index (χ0v) is 18.2. The molecule has 1 aromatic heterocycles. The zero-order valence-electron chi connectivity index (χ0n) is 18.2. The van der Waals surface area contributed by atoms with Crippen molar-refractivity contribution in [2.75, 3.05) is 56.2 Å². The minimum absolute atomic E-state index is 0.0154. The predicted molar refractivity (Wildman–Crippen MR) is 122 cm³/mol. The fourth-order valence-electron chi connectivity index (χ4n) is 4.80. The maximum absolute atomic E-state index is 13.2. The monoisotopic (exact) mass is 435 g/mol. The van der Waals surface area contributed by atoms with E-state index in [2.05, 4.69) is 15.2 Å². The molecule has 32 heavy (non-hydrogen) atoms. The number of rotatable bonds is 4. The first-order chi connectivity index (χ1) is 15.7. The number of anilines is 2. The quantitative estimate of drug-likeness (QED) is 0.791. The summed E-state index contributed by atoms with van der Waals surface area (Å²) >= 11 is 0. The van der Waals surface area contributed by atoms with E-state index in [0.29, 0.717) is 29.7 Å². The van der Waals surface area contributed by atoms with Crippen LogP contribution in [0.1, 0.15) is 28.8 Å². The molecule has 1 N–H and O–H groups in total. The molecule has 0 spiro atoms. The average molecular weight is 436 g/mol. The molecule has 168 valence electrons. The number of nitrogens with zero attached hydrogens (tertiary/aromatic N) is 4. The van der Waals surface area contributed by atoms with E-state index in [4.69, 9.17) is 4.74 Å². The van der Waals surface area contributed by atoms with E-state index < -0.39 is 0 Å². The Morgan fingerprint density at radius 2 is 1.84 bits per heavy atom. The summed E-state index contributed by atoms with van der Waals surface area (Å²) in [7, 11) is 0. The van der Waals surface area contributed by atoms with Crippen molar-refractivity contribution >= 4 is 23.3 Å². The molecule has 1 aromatic carbocycles. The first kappa shape index (κ1) is 20.9. The normalized spacial score (nSPS) is 20.1. The van der Waals surface area contributed by atoms with Gasteiger partial charge in [-0.3, -0.25) is 14.5 Å². The van der Waals surface area contributed by atoms with Gasteiger partial charge in [0.05, 0.1) is 37.6 Å². The summed E-state index contributed by atoms with van der Waals surface area (Å²) in [6.45, 7) is 5.69. The highest BCUT2D eigenvalue weighted by Crippen LogP contribution is 2.30. The number of piperidine rings is 1. The number of likely N-dealkylation sites (tertiary alicyclic amines) is 1. The van der Waals surface area contributed by atoms with Crippen LogP contribution in [0.25, 0.3) is 0 Å². The molecule has 8 nitrogen and oxygen atoms in total. The number of carbonyl (C=O) groups excluding carboxylic acids is 2. The van der Waals surface area contributed by atoms with Gasteiger partial charge in [-0.05, 0) is 24.5 Å². The third kappa shape index (κ3) is 4.33. The van der Waals surface area contributed by atoms with E-state index in [1.54, 1.807) is 11.1 Å². The van der Waals surface area contributed by atoms with Gasteiger partial charge in [-0.1, -0.05) is 30.3 Å². The van der Waals surface area contributed by atoms with Crippen LogP contribution in [0, 0.1) is 0 Å². The smallest absolute Gasteiger partial charge is 0.255 e. The maximum Gasteiger partial charge on any atom is 0.255 e. The van der Waals surface area contributed by atoms with Crippen molar-refractivity contribution in [2.45, 2.75) is 25.4 Å². The van der Waals surface area contributed by atoms with Gasteiger partial charge in [0.15, 0.2) is 5.82 Å². The topological polar surface area (TPSA) is 78.0 Å². The van der Waals surface area contributed by atoms with Crippen LogP contribution < -0.4 is 10.2 Å². The lowest BCUT2D eigenvalue weighted by molar-refractivity contribution is -0.117. The van der Waals surface area contributed by atoms with Crippen molar-refractivity contribution in [3.05, 3.63) is 53.7 Å². The second kappa shape index (κ2) is 9.26. The number of hydrogen-bond donors (Lipinski definition) is 1. The lowest BCUT2D eigenvalue weighted by atomic mass is 10.0. The van der Waals surface area contributed by atoms with Gasteiger partial charge in [0.1, 0.15) is 0 Å². The fraction of sp³-hybridized carbons (Fsp3) is 0.458. The Morgan fingerprint density at radius 1 is 1.09 bits per heavy atom. The van der Waals surface area contributed by atoms with Crippen molar-refractivity contribution in [1.82, 2.24) is 14.8 Å². The highest BCUT2D eigenvalue weighted by molar-refractivity contribution is 6.04. The Kier molecular flexibility index (Phi) is 6.05. The number of fused-ring (bicyclic) bond motifs is 1. The van der Waals surface area contributed by atoms with Crippen LogP contribution in [0.15, 0.2) is 42.6 Å². The van der Waals surface area contributed by atoms with E-state index >= 15 is 0 Å². The van der Waals surface area contributed by atoms with E-state index in [9.17, 15) is 9.59 Å². The number of carbonyl (C=O) groups is 2. The third-order valence-corrected chi connectivity index (χ3v) is 6.61. The van der Waals surface area contributed by atoms with Gasteiger partial charge < -0.3 is 19.9 Å². The van der Waals surface area contributed by atoms with Crippen LogP contribution in [0.3, 0.4) is 0 Å². The van der Waals surface area contributed by atoms with Crippen molar-refractivity contribution in [2.24, 2.45) is 0 Å². The molecule has 2 aromatic rings. The number of amides is 2. The van der Waals surface area contributed by atoms with E-state index in [1.165, 1.54) is 0 Å². The molecule has 2 amide bonds. The molecular formula is C24H29N5O3. The SMILES string of the molecule is O=C(c1cnc2c(c1)N(Cc1ccccc1)C(=O)CN2)N1CCC(N2CCOCC2)CC1. The number of benzene rings is 1. The van der Waals surface area contributed by atoms with Gasteiger partial charge in [0, 0.05) is 38.4 Å². The Morgan fingerprint density at radius 3 is 2.59 bits per heavy atom. The summed E-state index contributed by atoms with van der Waals surface area (Å²) in [5.74, 6) is 0.598. The van der Waals surface area contributed by atoms with Crippen LogP contribution in [-0.4, -0.2) is 78.6 Å². The van der Waals surface area contributed by atoms with Crippen LogP contribution in [-0.2, 0) is 16.1 Å². The molecule has 0 unspecified atom stereocenters.